The van der Waals surface area contributed by atoms with Crippen LogP contribution in [0, 0.1) is 5.92 Å². The third-order valence-corrected chi connectivity index (χ3v) is 4.41. The smallest absolute Gasteiger partial charge is 0.0438 e. The van der Waals surface area contributed by atoms with E-state index in [0.717, 1.165) is 6.42 Å². The van der Waals surface area contributed by atoms with Gasteiger partial charge in [-0.25, -0.2) is 0 Å². The van der Waals surface area contributed by atoms with Crippen molar-refractivity contribution in [3.8, 4) is 0 Å². The van der Waals surface area contributed by atoms with Gasteiger partial charge in [-0.2, -0.15) is 0 Å². The summed E-state index contributed by atoms with van der Waals surface area (Å²) in [6.07, 6.45) is 7.35. The molecule has 0 heterocycles. The fraction of sp³-hybridized carbons (Fsp3) is 0.625. The molecule has 2 atom stereocenters. The number of fused-ring (bicyclic) bond motifs is 1. The van der Waals surface area contributed by atoms with E-state index in [0.29, 0.717) is 5.92 Å². The van der Waals surface area contributed by atoms with Crippen molar-refractivity contribution in [2.75, 3.05) is 0 Å². The molecule has 0 amide bonds. The highest BCUT2D eigenvalue weighted by Crippen LogP contribution is 2.39. The van der Waals surface area contributed by atoms with Gasteiger partial charge in [0.2, 0.25) is 0 Å². The Hall–Kier alpha value is -0.820. The minimum absolute atomic E-state index is 0.0941. The fourth-order valence-corrected chi connectivity index (χ4v) is 3.26. The van der Waals surface area contributed by atoms with Crippen LogP contribution in [0.2, 0.25) is 0 Å². The van der Waals surface area contributed by atoms with E-state index in [-0.39, 0.29) is 5.54 Å². The van der Waals surface area contributed by atoms with Crippen molar-refractivity contribution in [2.24, 2.45) is 11.7 Å². The molecule has 0 aliphatic heterocycles. The van der Waals surface area contributed by atoms with E-state index in [9.17, 15) is 0 Å². The molecule has 2 N–H and O–H groups in total. The van der Waals surface area contributed by atoms with Crippen molar-refractivity contribution in [3.05, 3.63) is 35.4 Å². The van der Waals surface area contributed by atoms with E-state index in [1.807, 2.05) is 0 Å². The second-order valence-corrected chi connectivity index (χ2v) is 5.59. The molecule has 0 spiro atoms. The predicted molar refractivity (Wildman–Crippen MR) is 73.9 cm³/mol. The van der Waals surface area contributed by atoms with Crippen LogP contribution in [0.15, 0.2) is 24.3 Å². The maximum Gasteiger partial charge on any atom is 0.0438 e. The largest absolute Gasteiger partial charge is 0.321 e. The third kappa shape index (κ3) is 2.40. The second kappa shape index (κ2) is 5.22. The highest BCUT2D eigenvalue weighted by Gasteiger charge is 2.35. The number of aryl methyl sites for hydroxylation is 1. The normalized spacial score (nSPS) is 26.1. The van der Waals surface area contributed by atoms with Crippen LogP contribution in [-0.4, -0.2) is 0 Å². The molecule has 0 saturated carbocycles. The van der Waals surface area contributed by atoms with Gasteiger partial charge in [-0.15, -0.1) is 0 Å². The monoisotopic (exact) mass is 231 g/mol. The van der Waals surface area contributed by atoms with Gasteiger partial charge in [-0.05, 0) is 42.7 Å². The van der Waals surface area contributed by atoms with Crippen molar-refractivity contribution >= 4 is 0 Å². The lowest BCUT2D eigenvalue weighted by Gasteiger charge is -2.36. The van der Waals surface area contributed by atoms with Gasteiger partial charge in [0.1, 0.15) is 0 Å². The number of benzene rings is 1. The summed E-state index contributed by atoms with van der Waals surface area (Å²) in [6.45, 7) is 4.58. The Morgan fingerprint density at radius 2 is 2.06 bits per heavy atom. The zero-order chi connectivity index (χ0) is 12.3. The first-order chi connectivity index (χ1) is 8.18. The standard InChI is InChI=1S/C16H25N/c1-3-8-13(2)16(17)12-7-6-10-14-9-4-5-11-15(14)16/h4-5,9,11,13H,3,6-8,10,12,17H2,1-2H3. The SMILES string of the molecule is CCCC(C)C1(N)CCCCc2ccccc21. The summed E-state index contributed by atoms with van der Waals surface area (Å²) in [7, 11) is 0. The van der Waals surface area contributed by atoms with Gasteiger partial charge >= 0.3 is 0 Å². The number of rotatable bonds is 3. The van der Waals surface area contributed by atoms with Gasteiger partial charge in [0.25, 0.3) is 0 Å². The van der Waals surface area contributed by atoms with E-state index in [4.69, 9.17) is 5.73 Å². The molecular formula is C16H25N. The van der Waals surface area contributed by atoms with Crippen LogP contribution < -0.4 is 5.73 Å². The van der Waals surface area contributed by atoms with Crippen molar-refractivity contribution in [2.45, 2.75) is 57.9 Å². The second-order valence-electron chi connectivity index (χ2n) is 5.59. The molecular weight excluding hydrogens is 206 g/mol. The Morgan fingerprint density at radius 1 is 1.29 bits per heavy atom. The quantitative estimate of drug-likeness (QED) is 0.782. The van der Waals surface area contributed by atoms with Crippen molar-refractivity contribution in [1.29, 1.82) is 0 Å². The Balaban J connectivity index is 2.39. The maximum atomic E-state index is 6.80. The fourth-order valence-electron chi connectivity index (χ4n) is 3.26. The summed E-state index contributed by atoms with van der Waals surface area (Å²) < 4.78 is 0. The third-order valence-electron chi connectivity index (χ3n) is 4.41. The molecule has 1 aliphatic carbocycles. The maximum absolute atomic E-state index is 6.80. The Kier molecular flexibility index (Phi) is 3.88. The number of hydrogen-bond donors (Lipinski definition) is 1. The molecule has 94 valence electrons. The van der Waals surface area contributed by atoms with E-state index in [2.05, 4.69) is 38.1 Å². The number of nitrogens with two attached hydrogens (primary N) is 1. The Morgan fingerprint density at radius 3 is 2.82 bits per heavy atom. The molecule has 0 fully saturated rings. The van der Waals surface area contributed by atoms with Crippen LogP contribution in [0.25, 0.3) is 0 Å². The summed E-state index contributed by atoms with van der Waals surface area (Å²) in [6, 6.07) is 8.81. The summed E-state index contributed by atoms with van der Waals surface area (Å²) in [4.78, 5) is 0. The van der Waals surface area contributed by atoms with E-state index >= 15 is 0 Å². The van der Waals surface area contributed by atoms with E-state index < -0.39 is 0 Å². The lowest BCUT2D eigenvalue weighted by molar-refractivity contribution is 0.256. The highest BCUT2D eigenvalue weighted by atomic mass is 14.8. The van der Waals surface area contributed by atoms with Gasteiger partial charge in [0.15, 0.2) is 0 Å². The summed E-state index contributed by atoms with van der Waals surface area (Å²) in [5.74, 6) is 0.576. The molecule has 0 aromatic heterocycles. The first-order valence-corrected chi connectivity index (χ1v) is 7.05. The van der Waals surface area contributed by atoms with Crippen LogP contribution in [0.5, 0.6) is 0 Å². The topological polar surface area (TPSA) is 26.0 Å². The zero-order valence-corrected chi connectivity index (χ0v) is 11.2. The molecule has 2 unspecified atom stereocenters. The number of hydrogen-bond acceptors (Lipinski definition) is 1. The first kappa shape index (κ1) is 12.6. The van der Waals surface area contributed by atoms with Gasteiger partial charge in [-0.1, -0.05) is 51.0 Å². The lowest BCUT2D eigenvalue weighted by atomic mass is 9.74. The van der Waals surface area contributed by atoms with Gasteiger partial charge in [0.05, 0.1) is 0 Å². The lowest BCUT2D eigenvalue weighted by Crippen LogP contribution is -2.43. The minimum atomic E-state index is -0.0941. The molecule has 1 aromatic carbocycles. The average molecular weight is 231 g/mol. The van der Waals surface area contributed by atoms with Crippen LogP contribution >= 0.6 is 0 Å². The Labute approximate surface area is 105 Å². The molecule has 1 aromatic rings. The van der Waals surface area contributed by atoms with Crippen molar-refractivity contribution in [3.63, 3.8) is 0 Å². The zero-order valence-electron chi connectivity index (χ0n) is 11.2. The molecule has 0 saturated heterocycles. The Bertz CT molecular complexity index is 372. The van der Waals surface area contributed by atoms with Crippen molar-refractivity contribution in [1.82, 2.24) is 0 Å². The summed E-state index contributed by atoms with van der Waals surface area (Å²) in [5.41, 5.74) is 9.60. The van der Waals surface area contributed by atoms with Gasteiger partial charge in [-0.3, -0.25) is 0 Å². The minimum Gasteiger partial charge on any atom is -0.321 e. The van der Waals surface area contributed by atoms with E-state index in [1.54, 1.807) is 0 Å². The van der Waals surface area contributed by atoms with Gasteiger partial charge < -0.3 is 5.73 Å². The molecule has 2 rings (SSSR count). The highest BCUT2D eigenvalue weighted by molar-refractivity contribution is 5.35. The molecule has 0 radical (unpaired) electrons. The molecule has 17 heavy (non-hydrogen) atoms. The van der Waals surface area contributed by atoms with Crippen molar-refractivity contribution < 1.29 is 0 Å². The summed E-state index contributed by atoms with van der Waals surface area (Å²) in [5, 5.41) is 0. The summed E-state index contributed by atoms with van der Waals surface area (Å²) >= 11 is 0. The average Bonchev–Trinajstić information content (AvgIpc) is 2.51. The van der Waals surface area contributed by atoms with Gasteiger partial charge in [0, 0.05) is 5.54 Å². The predicted octanol–water partition coefficient (Wildman–Crippen LogP) is 4.00. The van der Waals surface area contributed by atoms with Crippen LogP contribution in [-0.2, 0) is 12.0 Å². The molecule has 0 bridgehead atoms. The molecule has 1 heteroatoms. The molecule has 1 nitrogen and oxygen atoms in total. The van der Waals surface area contributed by atoms with Crippen LogP contribution in [0.3, 0.4) is 0 Å². The van der Waals surface area contributed by atoms with Crippen LogP contribution in [0.1, 0.15) is 57.1 Å². The molecule has 1 aliphatic rings. The first-order valence-electron chi connectivity index (χ1n) is 7.05. The van der Waals surface area contributed by atoms with E-state index in [1.165, 1.54) is 43.2 Å². The van der Waals surface area contributed by atoms with Crippen LogP contribution in [0.4, 0.5) is 0 Å².